The summed E-state index contributed by atoms with van der Waals surface area (Å²) in [7, 11) is 4.88. The van der Waals surface area contributed by atoms with Crippen molar-refractivity contribution < 1.29 is 53.1 Å². The number of nitrogens with two attached hydrogens (primary N) is 1. The topological polar surface area (TPSA) is 196 Å². The first-order chi connectivity index (χ1) is 26.1. The molecule has 6 fully saturated rings. The summed E-state index contributed by atoms with van der Waals surface area (Å²) in [4.78, 5) is 54.2. The van der Waals surface area contributed by atoms with E-state index in [0.717, 1.165) is 0 Å². The van der Waals surface area contributed by atoms with Crippen LogP contribution in [0.4, 0.5) is 5.69 Å². The number of likely N-dealkylation sites (N-methyl/N-ethyl adjacent to an activating group) is 1. The molecular formula is C41H59N3O11. The lowest BCUT2D eigenvalue weighted by molar-refractivity contribution is -0.319. The number of fused-ring (bicyclic) bond motifs is 2. The van der Waals surface area contributed by atoms with Crippen molar-refractivity contribution in [2.75, 3.05) is 46.3 Å². The molecule has 0 aromatic heterocycles. The molecule has 14 nitrogen and oxygen atoms in total. The number of ether oxygens (including phenoxy) is 5. The zero-order chi connectivity index (χ0) is 39.8. The van der Waals surface area contributed by atoms with E-state index in [1.807, 2.05) is 20.8 Å². The first kappa shape index (κ1) is 40.1. The number of likely N-dealkylation sites (tertiary alicyclic amines) is 1. The molecule has 1 aromatic rings. The average molecular weight is 770 g/mol. The van der Waals surface area contributed by atoms with E-state index in [2.05, 4.69) is 10.2 Å². The standard InChI is InChI=1S/C41H59N3O11/c1-8-21(3)35(47)55-31-24-17-25-30(31)39(49,18-27(24)51-5)41(50)33(53-7)32-38(15-14-28(52-6)40(25,32)37(41)44(9-2)19-38)20-54-36(48)23-12-10-11-13-26(23)43-34(46)22(4)16-29(42)45/h10-13,21-22,24-25,27-28,30-33,37,49-50H,8-9,14-20H2,1-7H3,(H2,42,45)(H,43,46). The van der Waals surface area contributed by atoms with Crippen LogP contribution in [-0.2, 0) is 38.1 Å². The maximum atomic E-state index is 14.1. The number of aliphatic hydroxyl groups is 2. The molecule has 6 aliphatic rings. The zero-order valence-electron chi connectivity index (χ0n) is 33.1. The van der Waals surface area contributed by atoms with Gasteiger partial charge in [-0.3, -0.25) is 19.3 Å². The third kappa shape index (κ3) is 5.48. The van der Waals surface area contributed by atoms with Crippen LogP contribution in [-0.4, -0.2) is 122 Å². The van der Waals surface area contributed by atoms with Gasteiger partial charge in [-0.1, -0.05) is 39.8 Å². The molecule has 304 valence electrons. The van der Waals surface area contributed by atoms with Crippen LogP contribution in [0.25, 0.3) is 0 Å². The number of anilines is 1. The second kappa shape index (κ2) is 14.4. The van der Waals surface area contributed by atoms with Crippen LogP contribution in [0.1, 0.15) is 76.6 Å². The molecule has 1 heterocycles. The number of carbonyl (C=O) groups excluding carboxylic acids is 4. The molecule has 1 spiro atoms. The second-order valence-electron chi connectivity index (χ2n) is 17.4. The molecule has 15 unspecified atom stereocenters. The highest BCUT2D eigenvalue weighted by atomic mass is 16.6. The summed E-state index contributed by atoms with van der Waals surface area (Å²) in [5.74, 6) is -4.54. The van der Waals surface area contributed by atoms with E-state index in [1.165, 1.54) is 0 Å². The quantitative estimate of drug-likeness (QED) is 0.202. The van der Waals surface area contributed by atoms with Gasteiger partial charge in [0.1, 0.15) is 17.3 Å². The molecule has 2 amide bonds. The molecule has 55 heavy (non-hydrogen) atoms. The largest absolute Gasteiger partial charge is 0.461 e. The van der Waals surface area contributed by atoms with Crippen molar-refractivity contribution in [2.45, 2.75) is 108 Å². The van der Waals surface area contributed by atoms with E-state index >= 15 is 0 Å². The minimum Gasteiger partial charge on any atom is -0.461 e. The number of esters is 2. The van der Waals surface area contributed by atoms with E-state index in [9.17, 15) is 29.4 Å². The van der Waals surface area contributed by atoms with Gasteiger partial charge in [0.05, 0.1) is 48.1 Å². The predicted molar refractivity (Wildman–Crippen MR) is 198 cm³/mol. The predicted octanol–water partition coefficient (Wildman–Crippen LogP) is 2.53. The van der Waals surface area contributed by atoms with Gasteiger partial charge >= 0.3 is 11.9 Å². The number of para-hydroxylation sites is 1. The Labute approximate surface area is 323 Å². The van der Waals surface area contributed by atoms with Crippen molar-refractivity contribution in [1.82, 2.24) is 4.90 Å². The van der Waals surface area contributed by atoms with Crippen LogP contribution in [0.3, 0.4) is 0 Å². The fourth-order valence-corrected chi connectivity index (χ4v) is 13.0. The molecule has 1 aliphatic heterocycles. The lowest BCUT2D eigenvalue weighted by atomic mass is 9.42. The van der Waals surface area contributed by atoms with Gasteiger partial charge in [-0.2, -0.15) is 0 Å². The van der Waals surface area contributed by atoms with Crippen LogP contribution >= 0.6 is 0 Å². The number of hydrogen-bond donors (Lipinski definition) is 4. The first-order valence-electron chi connectivity index (χ1n) is 20.0. The summed E-state index contributed by atoms with van der Waals surface area (Å²) >= 11 is 0. The molecule has 5 N–H and O–H groups in total. The number of piperidine rings is 1. The number of rotatable bonds is 14. The number of amides is 2. The summed E-state index contributed by atoms with van der Waals surface area (Å²) in [5.41, 5.74) is 0.641. The number of carbonyl (C=O) groups is 4. The molecule has 0 radical (unpaired) electrons. The first-order valence-corrected chi connectivity index (χ1v) is 20.0. The summed E-state index contributed by atoms with van der Waals surface area (Å²) in [6.07, 6.45) is 0.0446. The summed E-state index contributed by atoms with van der Waals surface area (Å²) in [5, 5.41) is 29.8. The smallest absolute Gasteiger partial charge is 0.340 e. The van der Waals surface area contributed by atoms with E-state index < -0.39 is 81.9 Å². The van der Waals surface area contributed by atoms with Gasteiger partial charge < -0.3 is 44.9 Å². The Hall–Kier alpha value is -3.14. The zero-order valence-corrected chi connectivity index (χ0v) is 33.1. The normalized spacial score (nSPS) is 41.9. The highest BCUT2D eigenvalue weighted by molar-refractivity contribution is 6.02. The van der Waals surface area contributed by atoms with Crippen LogP contribution in [0, 0.1) is 46.3 Å². The van der Waals surface area contributed by atoms with Crippen molar-refractivity contribution in [3.8, 4) is 0 Å². The lowest BCUT2D eigenvalue weighted by Crippen LogP contribution is -2.82. The molecule has 5 saturated carbocycles. The monoisotopic (exact) mass is 769 g/mol. The number of primary amides is 1. The molecule has 7 rings (SSSR count). The molecule has 5 aliphatic carbocycles. The van der Waals surface area contributed by atoms with Crippen LogP contribution in [0.2, 0.25) is 0 Å². The fraction of sp³-hybridized carbons (Fsp3) is 0.756. The lowest BCUT2D eigenvalue weighted by Gasteiger charge is -2.70. The third-order valence-corrected chi connectivity index (χ3v) is 15.1. The number of nitrogens with one attached hydrogen (secondary N) is 1. The van der Waals surface area contributed by atoms with E-state index in [1.54, 1.807) is 52.5 Å². The molecular weight excluding hydrogens is 710 g/mol. The summed E-state index contributed by atoms with van der Waals surface area (Å²) < 4.78 is 31.7. The molecule has 14 heteroatoms. The fourth-order valence-electron chi connectivity index (χ4n) is 13.0. The SMILES string of the molecule is CCC(C)C(=O)OC1C2CC3C1C(O)(CC2OC)C1(O)C(OC)C2C4(COC(=O)c5ccccc5NC(=O)C(C)CC(N)=O)CCC(OC)C32C1N(CC)C4. The Morgan fingerprint density at radius 2 is 1.76 bits per heavy atom. The number of hydrogen-bond acceptors (Lipinski definition) is 12. The highest BCUT2D eigenvalue weighted by Crippen LogP contribution is 2.80. The Morgan fingerprint density at radius 3 is 2.40 bits per heavy atom. The van der Waals surface area contributed by atoms with Crippen molar-refractivity contribution in [3.63, 3.8) is 0 Å². The Kier molecular flexibility index (Phi) is 10.5. The van der Waals surface area contributed by atoms with Crippen molar-refractivity contribution in [1.29, 1.82) is 0 Å². The number of methoxy groups -OCH3 is 3. The van der Waals surface area contributed by atoms with Gasteiger partial charge in [-0.05, 0) is 50.3 Å². The van der Waals surface area contributed by atoms with E-state index in [-0.39, 0.29) is 60.5 Å². The Bertz CT molecular complexity index is 1690. The minimum absolute atomic E-state index is 0.0133. The van der Waals surface area contributed by atoms with Gasteiger partial charge in [0.15, 0.2) is 0 Å². The molecule has 1 aromatic carbocycles. The van der Waals surface area contributed by atoms with Gasteiger partial charge in [0, 0.05) is 75.2 Å². The summed E-state index contributed by atoms with van der Waals surface area (Å²) in [6.45, 7) is 8.41. The maximum Gasteiger partial charge on any atom is 0.340 e. The van der Waals surface area contributed by atoms with Gasteiger partial charge in [0.25, 0.3) is 0 Å². The second-order valence-corrected chi connectivity index (χ2v) is 17.4. The van der Waals surface area contributed by atoms with Crippen LogP contribution < -0.4 is 11.1 Å². The maximum absolute atomic E-state index is 14.1. The average Bonchev–Trinajstić information content (AvgIpc) is 3.56. The van der Waals surface area contributed by atoms with Crippen molar-refractivity contribution >= 4 is 29.4 Å². The van der Waals surface area contributed by atoms with Crippen molar-refractivity contribution in [3.05, 3.63) is 29.8 Å². The molecule has 1 saturated heterocycles. The molecule has 15 atom stereocenters. The van der Waals surface area contributed by atoms with Gasteiger partial charge in [-0.25, -0.2) is 4.79 Å². The van der Waals surface area contributed by atoms with Crippen LogP contribution in [0.5, 0.6) is 0 Å². The van der Waals surface area contributed by atoms with Gasteiger partial charge in [-0.15, -0.1) is 0 Å². The Morgan fingerprint density at radius 1 is 1.04 bits per heavy atom. The summed E-state index contributed by atoms with van der Waals surface area (Å²) in [6, 6.07) is 6.00. The van der Waals surface area contributed by atoms with Crippen LogP contribution in [0.15, 0.2) is 24.3 Å². The third-order valence-electron chi connectivity index (χ3n) is 15.1. The van der Waals surface area contributed by atoms with E-state index in [4.69, 9.17) is 29.4 Å². The highest BCUT2D eigenvalue weighted by Gasteiger charge is 2.92. The molecule has 7 bridgehead atoms. The minimum atomic E-state index is -1.83. The Balaban J connectivity index is 1.30. The van der Waals surface area contributed by atoms with Gasteiger partial charge in [0.2, 0.25) is 11.8 Å². The van der Waals surface area contributed by atoms with Crippen molar-refractivity contribution in [2.24, 2.45) is 52.1 Å². The number of nitrogens with zero attached hydrogens (tertiary/aromatic N) is 1. The number of benzene rings is 1. The van der Waals surface area contributed by atoms with E-state index in [0.29, 0.717) is 38.8 Å².